The van der Waals surface area contributed by atoms with Crippen molar-refractivity contribution in [3.8, 4) is 0 Å². The second-order valence-electron chi connectivity index (χ2n) is 6.28. The number of benzene rings is 1. The SMILES string of the molecule is CC(OC(=O)CCC(=O)OCc1ccc(CO)c([N+](=O)[O-])c1)C(CC(=O)O)C(=O)O. The normalized spacial score (nSPS) is 12.5. The first-order chi connectivity index (χ1) is 14.0. The number of carbonyl (C=O) groups is 4. The Morgan fingerprint density at radius 3 is 2.30 bits per heavy atom. The molecule has 0 amide bonds. The molecule has 1 aromatic rings. The molecule has 0 spiro atoms. The van der Waals surface area contributed by atoms with Gasteiger partial charge in [-0.2, -0.15) is 0 Å². The van der Waals surface area contributed by atoms with Crippen LogP contribution in [0.15, 0.2) is 18.2 Å². The van der Waals surface area contributed by atoms with Gasteiger partial charge in [0.15, 0.2) is 0 Å². The summed E-state index contributed by atoms with van der Waals surface area (Å²) in [6.45, 7) is 0.420. The van der Waals surface area contributed by atoms with Gasteiger partial charge in [0.25, 0.3) is 5.69 Å². The average Bonchev–Trinajstić information content (AvgIpc) is 2.68. The summed E-state index contributed by atoms with van der Waals surface area (Å²) in [5.41, 5.74) is 0.0916. The molecule has 0 fully saturated rings. The summed E-state index contributed by atoms with van der Waals surface area (Å²) in [6.07, 6.45) is -2.76. The smallest absolute Gasteiger partial charge is 0.310 e. The standard InChI is InChI=1S/C18H21NO11/c1-10(13(18(25)26)7-15(21)22)30-17(24)5-4-16(23)29-9-11-2-3-12(8-20)14(6-11)19(27)28/h2-3,6,10,13,20H,4-5,7-9H2,1H3,(H,21,22)(H,25,26). The first-order valence-electron chi connectivity index (χ1n) is 8.71. The molecule has 1 rings (SSSR count). The maximum atomic E-state index is 11.8. The zero-order valence-corrected chi connectivity index (χ0v) is 16.0. The van der Waals surface area contributed by atoms with Crippen molar-refractivity contribution < 1.29 is 48.9 Å². The summed E-state index contributed by atoms with van der Waals surface area (Å²) in [5.74, 6) is -5.93. The van der Waals surface area contributed by atoms with E-state index in [4.69, 9.17) is 24.8 Å². The number of rotatable bonds is 12. The van der Waals surface area contributed by atoms with Crippen molar-refractivity contribution in [3.63, 3.8) is 0 Å². The number of hydrogen-bond acceptors (Lipinski definition) is 9. The molecule has 164 valence electrons. The summed E-state index contributed by atoms with van der Waals surface area (Å²) in [4.78, 5) is 55.6. The van der Waals surface area contributed by atoms with E-state index in [-0.39, 0.29) is 24.3 Å². The molecule has 0 radical (unpaired) electrons. The van der Waals surface area contributed by atoms with Crippen molar-refractivity contribution >= 4 is 29.6 Å². The van der Waals surface area contributed by atoms with Gasteiger partial charge in [-0.1, -0.05) is 6.07 Å². The Morgan fingerprint density at radius 2 is 1.77 bits per heavy atom. The van der Waals surface area contributed by atoms with Crippen LogP contribution >= 0.6 is 0 Å². The minimum Gasteiger partial charge on any atom is -0.481 e. The number of aliphatic hydroxyl groups excluding tert-OH is 1. The van der Waals surface area contributed by atoms with Crippen LogP contribution in [-0.4, -0.2) is 50.2 Å². The van der Waals surface area contributed by atoms with Gasteiger partial charge in [0.1, 0.15) is 18.6 Å². The molecular formula is C18H21NO11. The molecule has 0 aliphatic rings. The van der Waals surface area contributed by atoms with Crippen LogP contribution in [0.3, 0.4) is 0 Å². The number of nitrogens with zero attached hydrogens (tertiary/aromatic N) is 1. The van der Waals surface area contributed by atoms with Crippen molar-refractivity contribution in [2.45, 2.75) is 45.5 Å². The highest BCUT2D eigenvalue weighted by Gasteiger charge is 2.30. The molecule has 0 bridgehead atoms. The number of esters is 2. The fourth-order valence-corrected chi connectivity index (χ4v) is 2.43. The second kappa shape index (κ2) is 11.5. The molecule has 0 saturated heterocycles. The van der Waals surface area contributed by atoms with Crippen LogP contribution in [0.2, 0.25) is 0 Å². The number of carboxylic acids is 2. The average molecular weight is 427 g/mol. The minimum absolute atomic E-state index is 0.106. The van der Waals surface area contributed by atoms with Gasteiger partial charge < -0.3 is 24.8 Å². The highest BCUT2D eigenvalue weighted by molar-refractivity contribution is 5.80. The Bertz CT molecular complexity index is 820. The van der Waals surface area contributed by atoms with Gasteiger partial charge in [0, 0.05) is 6.07 Å². The Labute approximate surface area is 170 Å². The van der Waals surface area contributed by atoms with Crippen LogP contribution in [0.1, 0.15) is 37.3 Å². The summed E-state index contributed by atoms with van der Waals surface area (Å²) < 4.78 is 9.79. The van der Waals surface area contributed by atoms with Crippen LogP contribution in [0.4, 0.5) is 5.69 Å². The Hall–Kier alpha value is -3.54. The zero-order chi connectivity index (χ0) is 22.8. The number of ether oxygens (including phenoxy) is 2. The van der Waals surface area contributed by atoms with Gasteiger partial charge in [-0.3, -0.25) is 29.3 Å². The molecule has 0 saturated carbocycles. The highest BCUT2D eigenvalue weighted by atomic mass is 16.6. The van der Waals surface area contributed by atoms with Crippen molar-refractivity contribution in [2.75, 3.05) is 0 Å². The van der Waals surface area contributed by atoms with Gasteiger partial charge in [0.2, 0.25) is 0 Å². The van der Waals surface area contributed by atoms with Crippen LogP contribution in [0, 0.1) is 16.0 Å². The van der Waals surface area contributed by atoms with Crippen molar-refractivity contribution in [3.05, 3.63) is 39.4 Å². The first-order valence-corrected chi connectivity index (χ1v) is 8.71. The number of nitro benzene ring substituents is 1. The highest BCUT2D eigenvalue weighted by Crippen LogP contribution is 2.21. The molecule has 12 heteroatoms. The van der Waals surface area contributed by atoms with Gasteiger partial charge >= 0.3 is 23.9 Å². The molecule has 2 atom stereocenters. The summed E-state index contributed by atoms with van der Waals surface area (Å²) in [6, 6.07) is 3.93. The lowest BCUT2D eigenvalue weighted by atomic mass is 10.00. The Balaban J connectivity index is 2.52. The lowest BCUT2D eigenvalue weighted by Crippen LogP contribution is -2.32. The topological polar surface area (TPSA) is 191 Å². The van der Waals surface area contributed by atoms with E-state index in [2.05, 4.69) is 0 Å². The quantitative estimate of drug-likeness (QED) is 0.245. The number of aliphatic carboxylic acids is 2. The van der Waals surface area contributed by atoms with Crippen molar-refractivity contribution in [1.29, 1.82) is 0 Å². The number of nitro groups is 1. The van der Waals surface area contributed by atoms with Crippen molar-refractivity contribution in [2.24, 2.45) is 5.92 Å². The lowest BCUT2D eigenvalue weighted by molar-refractivity contribution is -0.385. The molecule has 0 heterocycles. The lowest BCUT2D eigenvalue weighted by Gasteiger charge is -2.19. The number of hydrogen-bond donors (Lipinski definition) is 3. The van der Waals surface area contributed by atoms with Crippen molar-refractivity contribution in [1.82, 2.24) is 0 Å². The van der Waals surface area contributed by atoms with Gasteiger partial charge in [0.05, 0.1) is 36.4 Å². The van der Waals surface area contributed by atoms with E-state index in [1.807, 2.05) is 0 Å². The Morgan fingerprint density at radius 1 is 1.13 bits per heavy atom. The van der Waals surface area contributed by atoms with Gasteiger partial charge in [-0.25, -0.2) is 0 Å². The van der Waals surface area contributed by atoms with Crippen LogP contribution < -0.4 is 0 Å². The fraction of sp³-hybridized carbons (Fsp3) is 0.444. The van der Waals surface area contributed by atoms with Crippen LogP contribution in [0.25, 0.3) is 0 Å². The molecule has 3 N–H and O–H groups in total. The second-order valence-corrected chi connectivity index (χ2v) is 6.28. The van der Waals surface area contributed by atoms with E-state index >= 15 is 0 Å². The summed E-state index contributed by atoms with van der Waals surface area (Å²) in [7, 11) is 0. The molecule has 2 unspecified atom stereocenters. The number of carbonyl (C=O) groups excluding carboxylic acids is 2. The maximum Gasteiger partial charge on any atom is 0.310 e. The third-order valence-corrected chi connectivity index (χ3v) is 4.05. The van der Waals surface area contributed by atoms with Crippen LogP contribution in [-0.2, 0) is 41.9 Å². The molecule has 12 nitrogen and oxygen atoms in total. The van der Waals surface area contributed by atoms with E-state index in [9.17, 15) is 29.3 Å². The summed E-state index contributed by atoms with van der Waals surface area (Å²) in [5, 5.41) is 37.7. The molecule has 1 aromatic carbocycles. The minimum atomic E-state index is -1.43. The zero-order valence-electron chi connectivity index (χ0n) is 16.0. The monoisotopic (exact) mass is 427 g/mol. The third kappa shape index (κ3) is 7.83. The molecule has 30 heavy (non-hydrogen) atoms. The molecular weight excluding hydrogens is 406 g/mol. The largest absolute Gasteiger partial charge is 0.481 e. The van der Waals surface area contributed by atoms with E-state index in [0.29, 0.717) is 5.56 Å². The number of aliphatic hydroxyl groups is 1. The summed E-state index contributed by atoms with van der Waals surface area (Å²) >= 11 is 0. The van der Waals surface area contributed by atoms with Crippen LogP contribution in [0.5, 0.6) is 0 Å². The molecule has 0 aliphatic carbocycles. The maximum absolute atomic E-state index is 11.8. The van der Waals surface area contributed by atoms with Gasteiger partial charge in [-0.15, -0.1) is 0 Å². The third-order valence-electron chi connectivity index (χ3n) is 4.05. The predicted octanol–water partition coefficient (Wildman–Crippen LogP) is 1.02. The van der Waals surface area contributed by atoms with E-state index < -0.39 is 60.3 Å². The molecule has 0 aromatic heterocycles. The van der Waals surface area contributed by atoms with Gasteiger partial charge in [-0.05, 0) is 18.6 Å². The van der Waals surface area contributed by atoms with E-state index in [1.165, 1.54) is 19.1 Å². The Kier molecular flexibility index (Phi) is 9.36. The number of carboxylic acid groups (broad SMARTS) is 2. The van der Waals surface area contributed by atoms with E-state index in [1.54, 1.807) is 0 Å². The predicted molar refractivity (Wildman–Crippen MR) is 97.0 cm³/mol. The molecule has 0 aliphatic heterocycles. The first kappa shape index (κ1) is 24.5. The van der Waals surface area contributed by atoms with E-state index in [0.717, 1.165) is 6.07 Å². The fourth-order valence-electron chi connectivity index (χ4n) is 2.43.